The zero-order valence-electron chi connectivity index (χ0n) is 23.6. The van der Waals surface area contributed by atoms with Crippen molar-refractivity contribution in [3.8, 4) is 0 Å². The second-order valence-electron chi connectivity index (χ2n) is 10.9. The Morgan fingerprint density at radius 3 is 2.33 bits per heavy atom. The average Bonchev–Trinajstić information content (AvgIpc) is 3.52. The van der Waals surface area contributed by atoms with E-state index in [0.717, 1.165) is 38.8 Å². The number of hydrogen-bond acceptors (Lipinski definition) is 5. The summed E-state index contributed by atoms with van der Waals surface area (Å²) in [6.07, 6.45) is 3.82. The summed E-state index contributed by atoms with van der Waals surface area (Å²) >= 11 is 0.896. The normalized spacial score (nSPS) is 16.7. The maximum Gasteiger partial charge on any atom is 0.294 e. The predicted molar refractivity (Wildman–Crippen MR) is 173 cm³/mol. The lowest BCUT2D eigenvalue weighted by atomic mass is 10.1. The second kappa shape index (κ2) is 11.5. The molecule has 0 saturated carbocycles. The number of amides is 3. The number of para-hydroxylation sites is 2. The van der Waals surface area contributed by atoms with Crippen molar-refractivity contribution in [1.29, 1.82) is 0 Å². The van der Waals surface area contributed by atoms with E-state index in [2.05, 4.69) is 58.0 Å². The summed E-state index contributed by atoms with van der Waals surface area (Å²) in [7, 11) is 0. The van der Waals surface area contributed by atoms with Crippen LogP contribution >= 0.6 is 11.8 Å². The van der Waals surface area contributed by atoms with E-state index >= 15 is 0 Å². The summed E-state index contributed by atoms with van der Waals surface area (Å²) in [5.74, 6) is -0.624. The monoisotopic (exact) mass is 586 g/mol. The van der Waals surface area contributed by atoms with E-state index in [9.17, 15) is 14.4 Å². The number of anilines is 1. The van der Waals surface area contributed by atoms with Crippen LogP contribution in [0.15, 0.2) is 108 Å². The number of piperazine rings is 1. The third-order valence-electron chi connectivity index (χ3n) is 8.19. The van der Waals surface area contributed by atoms with Crippen LogP contribution in [-0.4, -0.2) is 64.1 Å². The minimum absolute atomic E-state index is 0.205. The Balaban J connectivity index is 1.07. The first kappa shape index (κ1) is 27.0. The molecule has 8 heteroatoms. The molecule has 0 atom stereocenters. The van der Waals surface area contributed by atoms with Gasteiger partial charge >= 0.3 is 0 Å². The smallest absolute Gasteiger partial charge is 0.294 e. The van der Waals surface area contributed by atoms with Crippen LogP contribution in [0.1, 0.15) is 11.1 Å². The van der Waals surface area contributed by atoms with Crippen molar-refractivity contribution >= 4 is 62.3 Å². The van der Waals surface area contributed by atoms with Crippen LogP contribution in [0.2, 0.25) is 0 Å². The molecule has 1 aromatic heterocycles. The minimum Gasteiger partial charge on any atom is -0.368 e. The topological polar surface area (TPSA) is 65.9 Å². The highest BCUT2D eigenvalue weighted by molar-refractivity contribution is 8.18. The lowest BCUT2D eigenvalue weighted by Crippen LogP contribution is -2.51. The molecule has 2 aliphatic rings. The third kappa shape index (κ3) is 5.42. The Kier molecular flexibility index (Phi) is 7.20. The van der Waals surface area contributed by atoms with Crippen LogP contribution in [-0.2, 0) is 16.1 Å². The summed E-state index contributed by atoms with van der Waals surface area (Å²) in [4.78, 5) is 44.8. The number of fused-ring (bicyclic) bond motifs is 2. The summed E-state index contributed by atoms with van der Waals surface area (Å²) < 4.78 is 2.17. The molecule has 0 spiro atoms. The zero-order valence-corrected chi connectivity index (χ0v) is 24.4. The van der Waals surface area contributed by atoms with Gasteiger partial charge in [0.05, 0.1) is 4.91 Å². The van der Waals surface area contributed by atoms with Gasteiger partial charge in [-0.1, -0.05) is 72.8 Å². The Morgan fingerprint density at radius 2 is 1.51 bits per heavy atom. The Morgan fingerprint density at radius 1 is 0.791 bits per heavy atom. The number of hydrogen-bond donors (Lipinski definition) is 0. The molecule has 0 bridgehead atoms. The Labute approximate surface area is 254 Å². The second-order valence-corrected chi connectivity index (χ2v) is 11.9. The van der Waals surface area contributed by atoms with Gasteiger partial charge < -0.3 is 14.4 Å². The molecule has 7 nitrogen and oxygen atoms in total. The first-order chi connectivity index (χ1) is 21.0. The van der Waals surface area contributed by atoms with E-state index in [-0.39, 0.29) is 12.5 Å². The van der Waals surface area contributed by atoms with E-state index in [1.807, 2.05) is 54.7 Å². The van der Waals surface area contributed by atoms with Crippen molar-refractivity contribution in [2.75, 3.05) is 37.6 Å². The van der Waals surface area contributed by atoms with E-state index < -0.39 is 11.1 Å². The maximum absolute atomic E-state index is 13.4. The van der Waals surface area contributed by atoms with Gasteiger partial charge in [0.15, 0.2) is 0 Å². The molecule has 7 rings (SSSR count). The average molecular weight is 587 g/mol. The molecule has 0 aliphatic carbocycles. The molecule has 0 unspecified atom stereocenters. The number of nitrogens with zero attached hydrogens (tertiary/aromatic N) is 4. The molecule has 43 heavy (non-hydrogen) atoms. The predicted octanol–water partition coefficient (Wildman–Crippen LogP) is 6.23. The van der Waals surface area contributed by atoms with Crippen LogP contribution in [0.3, 0.4) is 0 Å². The minimum atomic E-state index is -0.419. The number of aromatic nitrogens is 1. The molecule has 0 radical (unpaired) electrons. The van der Waals surface area contributed by atoms with Crippen molar-refractivity contribution < 1.29 is 14.4 Å². The fraction of sp³-hybridized carbons (Fsp3) is 0.171. The molecule has 3 amide bonds. The number of thioether (sulfide) groups is 1. The van der Waals surface area contributed by atoms with E-state index in [4.69, 9.17) is 0 Å². The van der Waals surface area contributed by atoms with E-state index in [0.29, 0.717) is 37.6 Å². The number of imide groups is 1. The highest BCUT2D eigenvalue weighted by Crippen LogP contribution is 2.34. The molecule has 3 heterocycles. The highest BCUT2D eigenvalue weighted by atomic mass is 32.2. The number of carbonyl (C=O) groups excluding carboxylic acids is 3. The highest BCUT2D eigenvalue weighted by Gasteiger charge is 2.37. The van der Waals surface area contributed by atoms with Gasteiger partial charge in [0, 0.05) is 61.1 Å². The van der Waals surface area contributed by atoms with Gasteiger partial charge in [-0.2, -0.15) is 0 Å². The van der Waals surface area contributed by atoms with Gasteiger partial charge in [0.1, 0.15) is 6.54 Å². The zero-order chi connectivity index (χ0) is 29.3. The summed E-state index contributed by atoms with van der Waals surface area (Å²) in [6.45, 7) is 2.96. The van der Waals surface area contributed by atoms with Crippen LogP contribution in [0, 0.1) is 0 Å². The third-order valence-corrected chi connectivity index (χ3v) is 9.10. The van der Waals surface area contributed by atoms with Crippen molar-refractivity contribution in [3.05, 3.63) is 119 Å². The van der Waals surface area contributed by atoms with Gasteiger partial charge in [0.2, 0.25) is 5.91 Å². The summed E-state index contributed by atoms with van der Waals surface area (Å²) in [5, 5.41) is 2.99. The van der Waals surface area contributed by atoms with Crippen molar-refractivity contribution in [1.82, 2.24) is 14.4 Å². The van der Waals surface area contributed by atoms with Crippen LogP contribution in [0.5, 0.6) is 0 Å². The fourth-order valence-corrected chi connectivity index (χ4v) is 6.75. The largest absolute Gasteiger partial charge is 0.368 e. The van der Waals surface area contributed by atoms with Gasteiger partial charge in [-0.05, 0) is 58.4 Å². The number of carbonyl (C=O) groups is 3. The molecule has 4 aromatic carbocycles. The molecule has 2 aliphatic heterocycles. The van der Waals surface area contributed by atoms with Crippen LogP contribution < -0.4 is 4.90 Å². The van der Waals surface area contributed by atoms with Gasteiger partial charge in [0.25, 0.3) is 11.1 Å². The molecule has 2 saturated heterocycles. The van der Waals surface area contributed by atoms with Crippen LogP contribution in [0.4, 0.5) is 10.5 Å². The van der Waals surface area contributed by atoms with E-state index in [1.165, 1.54) is 16.3 Å². The van der Waals surface area contributed by atoms with Gasteiger partial charge in [-0.3, -0.25) is 19.3 Å². The first-order valence-corrected chi connectivity index (χ1v) is 15.2. The molecule has 5 aromatic rings. The van der Waals surface area contributed by atoms with Crippen LogP contribution in [0.25, 0.3) is 27.8 Å². The SMILES string of the molecule is O=C(CN1C(=O)S/C(=C\c2cn(Cc3ccc4ccccc4c3)c3ccccc23)C1=O)N1CCN(c2ccccc2)CC1. The van der Waals surface area contributed by atoms with Crippen molar-refractivity contribution in [2.24, 2.45) is 0 Å². The number of rotatable bonds is 6. The van der Waals surface area contributed by atoms with Crippen molar-refractivity contribution in [2.45, 2.75) is 6.54 Å². The van der Waals surface area contributed by atoms with Crippen molar-refractivity contribution in [3.63, 3.8) is 0 Å². The molecular weight excluding hydrogens is 556 g/mol. The molecule has 2 fully saturated rings. The summed E-state index contributed by atoms with van der Waals surface area (Å²) in [5.41, 5.74) is 4.22. The summed E-state index contributed by atoms with van der Waals surface area (Å²) in [6, 6.07) is 33.0. The number of benzene rings is 4. The Bertz CT molecular complexity index is 1890. The molecule has 0 N–H and O–H groups in total. The standard InChI is InChI=1S/C35H30N4O3S/c40-33(37-18-16-36(17-19-37)29-10-2-1-3-11-29)24-39-34(41)32(43-35(39)42)21-28-23-38(31-13-7-6-12-30(28)31)22-25-14-15-26-8-4-5-9-27(26)20-25/h1-15,20-21,23H,16-19,22,24H2/b32-21-. The lowest BCUT2D eigenvalue weighted by Gasteiger charge is -2.36. The molecular formula is C35H30N4O3S. The van der Waals surface area contributed by atoms with Gasteiger partial charge in [-0.15, -0.1) is 0 Å². The van der Waals surface area contributed by atoms with Gasteiger partial charge in [-0.25, -0.2) is 0 Å². The fourth-order valence-electron chi connectivity index (χ4n) is 5.92. The van der Waals surface area contributed by atoms with E-state index in [1.54, 1.807) is 11.0 Å². The quantitative estimate of drug-likeness (QED) is 0.221. The lowest BCUT2D eigenvalue weighted by molar-refractivity contribution is -0.136. The maximum atomic E-state index is 13.4. The molecule has 214 valence electrons. The Hall–Kier alpha value is -4.82. The first-order valence-electron chi connectivity index (χ1n) is 14.4.